The number of ether oxygens (including phenoxy) is 10. The highest BCUT2D eigenvalue weighted by Gasteiger charge is 2.34. The van der Waals surface area contributed by atoms with Crippen LogP contribution in [0, 0.1) is 35.0 Å². The van der Waals surface area contributed by atoms with E-state index in [0.29, 0.717) is 96.8 Å². The molecule has 0 bridgehead atoms. The van der Waals surface area contributed by atoms with E-state index >= 15 is 0 Å². The van der Waals surface area contributed by atoms with E-state index in [1.807, 2.05) is 0 Å². The fourth-order valence-corrected chi connectivity index (χ4v) is 9.26. The molecule has 0 radical (unpaired) electrons. The van der Waals surface area contributed by atoms with Crippen LogP contribution >= 0.6 is 12.6 Å². The van der Waals surface area contributed by atoms with Crippen LogP contribution in [0.3, 0.4) is 0 Å². The van der Waals surface area contributed by atoms with Crippen molar-refractivity contribution in [1.82, 2.24) is 0 Å². The maximum Gasteiger partial charge on any atom is 0.330 e. The number of benzene rings is 3. The number of esters is 7. The first-order chi connectivity index (χ1) is 40.6. The second-order valence-corrected chi connectivity index (χ2v) is 20.1. The van der Waals surface area contributed by atoms with Gasteiger partial charge in [-0.2, -0.15) is 5.26 Å². The van der Waals surface area contributed by atoms with Crippen LogP contribution in [0.2, 0.25) is 0 Å². The van der Waals surface area contributed by atoms with Crippen LogP contribution in [0.15, 0.2) is 151 Å². The maximum absolute atomic E-state index is 13.7. The Kier molecular flexibility index (Phi) is 25.7. The molecule has 3 aromatic carbocycles. The summed E-state index contributed by atoms with van der Waals surface area (Å²) in [6.07, 6.45) is 11.2. The van der Waals surface area contributed by atoms with Gasteiger partial charge in [0.1, 0.15) is 48.9 Å². The first-order valence-corrected chi connectivity index (χ1v) is 27.8. The number of hydrogen-bond acceptors (Lipinski definition) is 21. The van der Waals surface area contributed by atoms with Crippen LogP contribution in [0.5, 0.6) is 17.2 Å². The number of rotatable bonds is 30. The minimum atomic E-state index is -0.891. The number of carbonyl (C=O) groups excluding carboxylic acids is 7. The summed E-state index contributed by atoms with van der Waals surface area (Å²) in [4.78, 5) is 88.7. The van der Waals surface area contributed by atoms with Crippen molar-refractivity contribution in [2.24, 2.45) is 34.0 Å². The van der Waals surface area contributed by atoms with Crippen molar-refractivity contribution in [2.75, 3.05) is 38.5 Å². The van der Waals surface area contributed by atoms with Gasteiger partial charge >= 0.3 is 41.8 Å². The van der Waals surface area contributed by atoms with E-state index < -0.39 is 83.8 Å². The molecule has 1 N–H and O–H groups in total. The molecule has 4 atom stereocenters. The van der Waals surface area contributed by atoms with Crippen LogP contribution in [-0.4, -0.2) is 99.2 Å². The SMILES string of the molecule is C=CC(=O)OCC(COC1C=CC(OC(=O)C2CCC(C(=O)Oc3ccc(CCOC(=O)C4CCC(C(=O)Oc5ccc(OCC(COC(=O)C=C)OC(C)C=C)cc5)CC4)c(S)c3N=NNc3ccc(C#N)cc3)CC2)=CC1)OC(=O)C=C. The van der Waals surface area contributed by atoms with E-state index in [2.05, 4.69) is 48.1 Å². The lowest BCUT2D eigenvalue weighted by molar-refractivity contribution is -0.157. The zero-order chi connectivity index (χ0) is 60.4. The Hall–Kier alpha value is -8.65. The summed E-state index contributed by atoms with van der Waals surface area (Å²) in [5.41, 5.74) is 4.55. The zero-order valence-electron chi connectivity index (χ0n) is 46.6. The van der Waals surface area contributed by atoms with Crippen molar-refractivity contribution < 1.29 is 80.9 Å². The van der Waals surface area contributed by atoms with E-state index in [1.54, 1.807) is 91.9 Å². The molecule has 0 saturated heterocycles. The summed E-state index contributed by atoms with van der Waals surface area (Å²) < 4.78 is 55.9. The molecular formula is C62H68N4O17S. The molecule has 0 spiro atoms. The molecular weight excluding hydrogens is 1100 g/mol. The number of allylic oxidation sites excluding steroid dienone is 1. The van der Waals surface area contributed by atoms with E-state index in [0.717, 1.165) is 18.2 Å². The number of carbonyl (C=O) groups is 7. The standard InChI is InChI=1S/C62H68N4O17S/c1-6-39(5)79-51(37-77-54(67)7-2)35-75-47-23-27-49(28-24-47)81-60(71)43-14-12-42(13-15-43)59(70)74-33-32-41-20-31-53(57(58(41)84)65-66-64-46-21-10-40(34-63)11-22-46)83-62(73)45-18-16-44(17-19-45)61(72)82-50-29-25-48(26-30-50)76-36-52(80-56(69)9-4)38-78-55(68)8-3/h6-11,20-25,27-31,39,42-45,48,51-52,84H,1-4,12-19,26,32-33,35-38H2,5H3,(H,64,65). The third-order valence-electron chi connectivity index (χ3n) is 13.7. The lowest BCUT2D eigenvalue weighted by Crippen LogP contribution is -2.31. The minimum Gasteiger partial charge on any atom is -0.491 e. The Morgan fingerprint density at radius 2 is 1.25 bits per heavy atom. The predicted octanol–water partition coefficient (Wildman–Crippen LogP) is 9.83. The summed E-state index contributed by atoms with van der Waals surface area (Å²) >= 11 is 4.77. The van der Waals surface area contributed by atoms with Gasteiger partial charge in [0.15, 0.2) is 11.9 Å². The third kappa shape index (κ3) is 20.7. The summed E-state index contributed by atoms with van der Waals surface area (Å²) in [6, 6.07) is 18.4. The van der Waals surface area contributed by atoms with E-state index in [9.17, 15) is 38.8 Å². The average molecular weight is 1170 g/mol. The summed E-state index contributed by atoms with van der Waals surface area (Å²) in [7, 11) is 0. The summed E-state index contributed by atoms with van der Waals surface area (Å²) in [5.74, 6) is -4.35. The third-order valence-corrected chi connectivity index (χ3v) is 14.2. The number of nitrogens with one attached hydrogen (secondary N) is 1. The Morgan fingerprint density at radius 3 is 1.82 bits per heavy atom. The molecule has 6 rings (SSSR count). The molecule has 2 saturated carbocycles. The van der Waals surface area contributed by atoms with Gasteiger partial charge in [-0.25, -0.2) is 14.4 Å². The Balaban J connectivity index is 0.963. The second-order valence-electron chi connectivity index (χ2n) is 19.7. The van der Waals surface area contributed by atoms with E-state index in [-0.39, 0.29) is 57.0 Å². The molecule has 4 unspecified atom stereocenters. The fourth-order valence-electron chi connectivity index (χ4n) is 8.92. The largest absolute Gasteiger partial charge is 0.491 e. The number of thiol groups is 1. The van der Waals surface area contributed by atoms with E-state index in [4.69, 9.17) is 60.0 Å². The number of nitrogens with zero attached hydrogens (tertiary/aromatic N) is 3. The highest BCUT2D eigenvalue weighted by Crippen LogP contribution is 2.40. The van der Waals surface area contributed by atoms with Gasteiger partial charge in [0.25, 0.3) is 0 Å². The molecule has 22 heteroatoms. The predicted molar refractivity (Wildman–Crippen MR) is 306 cm³/mol. The monoisotopic (exact) mass is 1170 g/mol. The zero-order valence-corrected chi connectivity index (χ0v) is 47.5. The quantitative estimate of drug-likeness (QED) is 0.00918. The van der Waals surface area contributed by atoms with Crippen LogP contribution < -0.4 is 19.6 Å². The van der Waals surface area contributed by atoms with Crippen LogP contribution in [0.25, 0.3) is 0 Å². The lowest BCUT2D eigenvalue weighted by atomic mass is 9.82. The summed E-state index contributed by atoms with van der Waals surface area (Å²) in [5, 5.41) is 17.7. The molecule has 3 aromatic rings. The highest BCUT2D eigenvalue weighted by molar-refractivity contribution is 7.80. The highest BCUT2D eigenvalue weighted by atomic mass is 32.1. The molecule has 0 heterocycles. The van der Waals surface area contributed by atoms with Crippen molar-refractivity contribution in [3.63, 3.8) is 0 Å². The van der Waals surface area contributed by atoms with Crippen molar-refractivity contribution in [3.05, 3.63) is 146 Å². The molecule has 0 aromatic heterocycles. The van der Waals surface area contributed by atoms with Gasteiger partial charge in [-0.3, -0.25) is 24.6 Å². The first kappa shape index (κ1) is 64.5. The smallest absolute Gasteiger partial charge is 0.330 e. The van der Waals surface area contributed by atoms with Gasteiger partial charge in [-0.15, -0.1) is 24.3 Å². The molecule has 444 valence electrons. The Bertz CT molecular complexity index is 2970. The van der Waals surface area contributed by atoms with Gasteiger partial charge in [0.05, 0.1) is 66.4 Å². The van der Waals surface area contributed by atoms with E-state index in [1.165, 1.54) is 0 Å². The Labute approximate surface area is 492 Å². The summed E-state index contributed by atoms with van der Waals surface area (Å²) in [6.45, 7) is 15.3. The molecule has 3 aliphatic carbocycles. The van der Waals surface area contributed by atoms with Gasteiger partial charge in [-0.05, 0) is 137 Å². The van der Waals surface area contributed by atoms with Gasteiger partial charge in [-0.1, -0.05) is 43.2 Å². The molecule has 2 fully saturated rings. The second kappa shape index (κ2) is 33.5. The van der Waals surface area contributed by atoms with Crippen LogP contribution in [-0.2, 0) is 73.1 Å². The number of hydrogen-bond donors (Lipinski definition) is 2. The molecule has 84 heavy (non-hydrogen) atoms. The van der Waals surface area contributed by atoms with Gasteiger partial charge in [0.2, 0.25) is 0 Å². The molecule has 3 aliphatic rings. The minimum absolute atomic E-state index is 0.000810. The van der Waals surface area contributed by atoms with Gasteiger partial charge < -0.3 is 47.4 Å². The molecule has 0 aliphatic heterocycles. The number of anilines is 1. The number of nitriles is 1. The van der Waals surface area contributed by atoms with Crippen molar-refractivity contribution >= 4 is 65.8 Å². The van der Waals surface area contributed by atoms with Crippen molar-refractivity contribution in [2.45, 2.75) is 100 Å². The average Bonchev–Trinajstić information content (AvgIpc) is 3.72. The topological polar surface area (TPSA) is 272 Å². The Morgan fingerprint density at radius 1 is 0.679 bits per heavy atom. The fraction of sp³-hybridized carbons (Fsp3) is 0.387. The van der Waals surface area contributed by atoms with Crippen LogP contribution in [0.4, 0.5) is 11.4 Å². The van der Waals surface area contributed by atoms with Crippen molar-refractivity contribution in [3.8, 4) is 23.3 Å². The van der Waals surface area contributed by atoms with Crippen LogP contribution in [0.1, 0.15) is 75.8 Å². The van der Waals surface area contributed by atoms with Crippen molar-refractivity contribution in [1.29, 1.82) is 5.26 Å². The maximum atomic E-state index is 13.7. The normalized spacial score (nSPS) is 19.2. The van der Waals surface area contributed by atoms with Gasteiger partial charge in [0, 0.05) is 29.5 Å². The molecule has 0 amide bonds. The molecule has 21 nitrogen and oxygen atoms in total. The lowest BCUT2D eigenvalue weighted by Gasteiger charge is -2.26. The first-order valence-electron chi connectivity index (χ1n) is 27.3.